The Morgan fingerprint density at radius 2 is 2.05 bits per heavy atom. The lowest BCUT2D eigenvalue weighted by Gasteiger charge is -2.03. The normalized spacial score (nSPS) is 10.8. The van der Waals surface area contributed by atoms with Crippen molar-refractivity contribution in [2.45, 2.75) is 19.8 Å². The molecule has 0 saturated carbocycles. The molecule has 0 bridgehead atoms. The number of para-hydroxylation sites is 1. The van der Waals surface area contributed by atoms with Crippen LogP contribution in [0.25, 0.3) is 5.70 Å². The van der Waals surface area contributed by atoms with E-state index in [4.69, 9.17) is 5.73 Å². The molecule has 2 aromatic rings. The molecule has 102 valence electrons. The van der Waals surface area contributed by atoms with Crippen LogP contribution >= 0.6 is 0 Å². The van der Waals surface area contributed by atoms with E-state index in [1.54, 1.807) is 6.21 Å². The minimum Gasteiger partial charge on any atom is -0.398 e. The lowest BCUT2D eigenvalue weighted by Crippen LogP contribution is -1.95. The molecule has 0 aliphatic carbocycles. The molecule has 3 nitrogen and oxygen atoms in total. The first kappa shape index (κ1) is 14.0. The number of nitrogen functional groups attached to an aromatic ring is 1. The number of pyridine rings is 1. The van der Waals surface area contributed by atoms with Crippen LogP contribution in [0.3, 0.4) is 0 Å². The molecule has 0 saturated heterocycles. The van der Waals surface area contributed by atoms with E-state index in [2.05, 4.69) is 23.5 Å². The number of benzene rings is 1. The van der Waals surface area contributed by atoms with Crippen LogP contribution in [0, 0.1) is 0 Å². The molecule has 1 aromatic heterocycles. The SMILES string of the molecule is C=C(/N=C\c1ccccc1N)c1cccc(CCC)n1. The number of nitrogens with zero attached hydrogens (tertiary/aromatic N) is 2. The van der Waals surface area contributed by atoms with Crippen molar-refractivity contribution in [3.05, 3.63) is 66.0 Å². The number of hydrogen-bond donors (Lipinski definition) is 1. The average Bonchev–Trinajstić information content (AvgIpc) is 2.47. The highest BCUT2D eigenvalue weighted by atomic mass is 14.8. The molecule has 20 heavy (non-hydrogen) atoms. The van der Waals surface area contributed by atoms with E-state index in [-0.39, 0.29) is 0 Å². The molecule has 2 N–H and O–H groups in total. The van der Waals surface area contributed by atoms with Crippen molar-refractivity contribution in [2.75, 3.05) is 5.73 Å². The zero-order valence-electron chi connectivity index (χ0n) is 11.7. The van der Waals surface area contributed by atoms with Gasteiger partial charge in [0.05, 0.1) is 11.4 Å². The van der Waals surface area contributed by atoms with E-state index in [0.717, 1.165) is 29.8 Å². The number of aromatic nitrogens is 1. The second kappa shape index (κ2) is 6.66. The maximum absolute atomic E-state index is 5.87. The third kappa shape index (κ3) is 3.54. The third-order valence-electron chi connectivity index (χ3n) is 2.96. The summed E-state index contributed by atoms with van der Waals surface area (Å²) in [4.78, 5) is 8.92. The average molecular weight is 265 g/mol. The topological polar surface area (TPSA) is 51.3 Å². The van der Waals surface area contributed by atoms with Crippen LogP contribution in [0.2, 0.25) is 0 Å². The molecule has 0 amide bonds. The van der Waals surface area contributed by atoms with Gasteiger partial charge in [0.25, 0.3) is 0 Å². The number of aliphatic imine (C=N–C) groups is 1. The first-order chi connectivity index (χ1) is 9.70. The second-order valence-corrected chi connectivity index (χ2v) is 4.60. The fraction of sp³-hybridized carbons (Fsp3) is 0.176. The minimum atomic E-state index is 0.645. The summed E-state index contributed by atoms with van der Waals surface area (Å²) in [5.41, 5.74) is 9.99. The van der Waals surface area contributed by atoms with Crippen molar-refractivity contribution in [1.29, 1.82) is 0 Å². The molecule has 3 heteroatoms. The number of rotatable bonds is 5. The first-order valence-corrected chi connectivity index (χ1v) is 6.74. The Bertz CT molecular complexity index is 630. The molecule has 0 aliphatic rings. The zero-order chi connectivity index (χ0) is 14.4. The first-order valence-electron chi connectivity index (χ1n) is 6.74. The van der Waals surface area contributed by atoms with Crippen molar-refractivity contribution in [1.82, 2.24) is 4.98 Å². The minimum absolute atomic E-state index is 0.645. The molecular weight excluding hydrogens is 246 g/mol. The lowest BCUT2D eigenvalue weighted by molar-refractivity contribution is 0.879. The largest absolute Gasteiger partial charge is 0.398 e. The standard InChI is InChI=1S/C17H19N3/c1-3-7-15-9-6-11-17(20-15)13(2)19-12-14-8-4-5-10-16(14)18/h4-6,8-12H,2-3,7,18H2,1H3/b19-12-. The summed E-state index contributed by atoms with van der Waals surface area (Å²) in [5.74, 6) is 0. The van der Waals surface area contributed by atoms with Gasteiger partial charge < -0.3 is 5.73 Å². The Morgan fingerprint density at radius 1 is 1.25 bits per heavy atom. The molecule has 1 aromatic carbocycles. The van der Waals surface area contributed by atoms with Crippen molar-refractivity contribution in [2.24, 2.45) is 4.99 Å². The molecule has 0 aliphatic heterocycles. The second-order valence-electron chi connectivity index (χ2n) is 4.60. The molecule has 2 rings (SSSR count). The highest BCUT2D eigenvalue weighted by Gasteiger charge is 2.01. The predicted octanol–water partition coefficient (Wildman–Crippen LogP) is 3.71. The summed E-state index contributed by atoms with van der Waals surface area (Å²) in [7, 11) is 0. The van der Waals surface area contributed by atoms with E-state index in [0.29, 0.717) is 11.4 Å². The maximum Gasteiger partial charge on any atom is 0.0883 e. The van der Waals surface area contributed by atoms with Crippen LogP contribution in [0.15, 0.2) is 54.0 Å². The fourth-order valence-electron chi connectivity index (χ4n) is 1.88. The van der Waals surface area contributed by atoms with E-state index in [1.807, 2.05) is 42.5 Å². The number of hydrogen-bond acceptors (Lipinski definition) is 3. The van der Waals surface area contributed by atoms with Gasteiger partial charge in [-0.1, -0.05) is 44.2 Å². The van der Waals surface area contributed by atoms with Gasteiger partial charge in [-0.15, -0.1) is 0 Å². The molecule has 0 spiro atoms. The number of nitrogens with two attached hydrogens (primary N) is 1. The lowest BCUT2D eigenvalue weighted by atomic mass is 10.2. The van der Waals surface area contributed by atoms with Gasteiger partial charge in [-0.25, -0.2) is 0 Å². The van der Waals surface area contributed by atoms with E-state index in [9.17, 15) is 0 Å². The fourth-order valence-corrected chi connectivity index (χ4v) is 1.88. The Hall–Kier alpha value is -2.42. The molecular formula is C17H19N3. The molecule has 0 fully saturated rings. The third-order valence-corrected chi connectivity index (χ3v) is 2.96. The highest BCUT2D eigenvalue weighted by molar-refractivity contribution is 5.89. The van der Waals surface area contributed by atoms with Gasteiger partial charge in [-0.2, -0.15) is 0 Å². The predicted molar refractivity (Wildman–Crippen MR) is 85.7 cm³/mol. The maximum atomic E-state index is 5.87. The highest BCUT2D eigenvalue weighted by Crippen LogP contribution is 2.14. The summed E-state index contributed by atoms with van der Waals surface area (Å²) in [5, 5.41) is 0. The van der Waals surface area contributed by atoms with Crippen LogP contribution in [0.5, 0.6) is 0 Å². The van der Waals surface area contributed by atoms with Crippen molar-refractivity contribution in [3.63, 3.8) is 0 Å². The molecule has 0 atom stereocenters. The molecule has 0 unspecified atom stereocenters. The Labute approximate surface area is 119 Å². The van der Waals surface area contributed by atoms with Gasteiger partial charge in [0.2, 0.25) is 0 Å². The van der Waals surface area contributed by atoms with Gasteiger partial charge >= 0.3 is 0 Å². The van der Waals surface area contributed by atoms with Gasteiger partial charge in [-0.05, 0) is 24.6 Å². The summed E-state index contributed by atoms with van der Waals surface area (Å²) < 4.78 is 0. The van der Waals surface area contributed by atoms with Gasteiger partial charge in [0.1, 0.15) is 0 Å². The van der Waals surface area contributed by atoms with Crippen molar-refractivity contribution in [3.8, 4) is 0 Å². The summed E-state index contributed by atoms with van der Waals surface area (Å²) >= 11 is 0. The summed E-state index contributed by atoms with van der Waals surface area (Å²) in [6, 6.07) is 13.5. The smallest absolute Gasteiger partial charge is 0.0883 e. The van der Waals surface area contributed by atoms with Crippen LogP contribution in [0.4, 0.5) is 5.69 Å². The van der Waals surface area contributed by atoms with Gasteiger partial charge in [0.15, 0.2) is 0 Å². The van der Waals surface area contributed by atoms with Crippen LogP contribution < -0.4 is 5.73 Å². The van der Waals surface area contributed by atoms with Crippen LogP contribution in [-0.2, 0) is 6.42 Å². The van der Waals surface area contributed by atoms with E-state index >= 15 is 0 Å². The Morgan fingerprint density at radius 3 is 2.80 bits per heavy atom. The van der Waals surface area contributed by atoms with Crippen molar-refractivity contribution >= 4 is 17.6 Å². The summed E-state index contributed by atoms with van der Waals surface area (Å²) in [6.07, 6.45) is 3.77. The number of aryl methyl sites for hydroxylation is 1. The van der Waals surface area contributed by atoms with Crippen molar-refractivity contribution < 1.29 is 0 Å². The van der Waals surface area contributed by atoms with Crippen LogP contribution in [0.1, 0.15) is 30.3 Å². The van der Waals surface area contributed by atoms with Crippen LogP contribution in [-0.4, -0.2) is 11.2 Å². The van der Waals surface area contributed by atoms with Gasteiger partial charge in [0, 0.05) is 23.2 Å². The quantitative estimate of drug-likeness (QED) is 0.662. The Kier molecular flexibility index (Phi) is 4.66. The monoisotopic (exact) mass is 265 g/mol. The molecule has 1 heterocycles. The Balaban J connectivity index is 2.16. The summed E-state index contributed by atoms with van der Waals surface area (Å²) in [6.45, 7) is 6.11. The van der Waals surface area contributed by atoms with E-state index < -0.39 is 0 Å². The number of anilines is 1. The zero-order valence-corrected chi connectivity index (χ0v) is 11.7. The molecule has 0 radical (unpaired) electrons. The van der Waals surface area contributed by atoms with Gasteiger partial charge in [-0.3, -0.25) is 9.98 Å². The van der Waals surface area contributed by atoms with E-state index in [1.165, 1.54) is 0 Å².